The average Bonchev–Trinajstić information content (AvgIpc) is 3.19. The van der Waals surface area contributed by atoms with E-state index >= 15 is 0 Å². The molecule has 3 heterocycles. The number of esters is 1. The number of hydrogen-bond acceptors (Lipinski definition) is 7. The van der Waals surface area contributed by atoms with Crippen LogP contribution in [0.3, 0.4) is 0 Å². The highest BCUT2D eigenvalue weighted by Gasteiger charge is 2.22. The molecular formula is C17H18N4O4. The number of rotatable bonds is 5. The van der Waals surface area contributed by atoms with Crippen LogP contribution in [0.1, 0.15) is 5.76 Å². The standard InChI is InChI=1S/C17H18N4O4/c22-15(13-25-16(23)5-4-14-3-1-12-24-14)20-8-10-21(11-9-20)17-18-6-2-7-19-17/h1-7,12H,8-11,13H2/b5-4+. The lowest BCUT2D eigenvalue weighted by atomic mass is 10.3. The van der Waals surface area contributed by atoms with Gasteiger partial charge in [-0.15, -0.1) is 0 Å². The fourth-order valence-corrected chi connectivity index (χ4v) is 2.42. The Kier molecular flexibility index (Phi) is 5.40. The Labute approximate surface area is 144 Å². The van der Waals surface area contributed by atoms with Crippen LogP contribution in [0.25, 0.3) is 6.08 Å². The van der Waals surface area contributed by atoms with Gasteiger partial charge in [0.2, 0.25) is 5.95 Å². The summed E-state index contributed by atoms with van der Waals surface area (Å²) in [7, 11) is 0. The molecule has 130 valence electrons. The maximum atomic E-state index is 12.1. The van der Waals surface area contributed by atoms with Gasteiger partial charge < -0.3 is 19.0 Å². The molecule has 1 fully saturated rings. The molecule has 8 heteroatoms. The second-order valence-corrected chi connectivity index (χ2v) is 5.37. The second-order valence-electron chi connectivity index (χ2n) is 5.37. The summed E-state index contributed by atoms with van der Waals surface area (Å²) in [5, 5.41) is 0. The second kappa shape index (κ2) is 8.09. The molecule has 1 amide bonds. The third kappa shape index (κ3) is 4.66. The van der Waals surface area contributed by atoms with Crippen LogP contribution in [0.5, 0.6) is 0 Å². The minimum atomic E-state index is -0.582. The van der Waals surface area contributed by atoms with Gasteiger partial charge in [0.05, 0.1) is 6.26 Å². The van der Waals surface area contributed by atoms with Crippen molar-refractivity contribution in [1.82, 2.24) is 14.9 Å². The first-order valence-electron chi connectivity index (χ1n) is 7.90. The molecule has 0 atom stereocenters. The zero-order valence-electron chi connectivity index (χ0n) is 13.6. The molecular weight excluding hydrogens is 324 g/mol. The molecule has 0 unspecified atom stereocenters. The van der Waals surface area contributed by atoms with Crippen molar-refractivity contribution < 1.29 is 18.7 Å². The number of carbonyl (C=O) groups excluding carboxylic acids is 2. The largest absolute Gasteiger partial charge is 0.465 e. The van der Waals surface area contributed by atoms with Crippen LogP contribution < -0.4 is 4.90 Å². The first-order chi connectivity index (χ1) is 12.2. The van der Waals surface area contributed by atoms with E-state index < -0.39 is 5.97 Å². The van der Waals surface area contributed by atoms with Crippen molar-refractivity contribution in [2.45, 2.75) is 0 Å². The molecule has 8 nitrogen and oxygen atoms in total. The zero-order valence-corrected chi connectivity index (χ0v) is 13.6. The topological polar surface area (TPSA) is 88.8 Å². The zero-order chi connectivity index (χ0) is 17.5. The number of carbonyl (C=O) groups is 2. The van der Waals surface area contributed by atoms with Crippen molar-refractivity contribution in [3.05, 3.63) is 48.7 Å². The van der Waals surface area contributed by atoms with Crippen molar-refractivity contribution in [1.29, 1.82) is 0 Å². The highest BCUT2D eigenvalue weighted by Crippen LogP contribution is 2.10. The van der Waals surface area contributed by atoms with Gasteiger partial charge in [0, 0.05) is 44.6 Å². The first-order valence-corrected chi connectivity index (χ1v) is 7.90. The van der Waals surface area contributed by atoms with Crippen molar-refractivity contribution in [2.24, 2.45) is 0 Å². The summed E-state index contributed by atoms with van der Waals surface area (Å²) in [6.45, 7) is 2.08. The van der Waals surface area contributed by atoms with Gasteiger partial charge in [-0.25, -0.2) is 14.8 Å². The van der Waals surface area contributed by atoms with E-state index in [0.717, 1.165) is 0 Å². The summed E-state index contributed by atoms with van der Waals surface area (Å²) in [6, 6.07) is 5.19. The lowest BCUT2D eigenvalue weighted by molar-refractivity contribution is -0.148. The van der Waals surface area contributed by atoms with Gasteiger partial charge in [0.15, 0.2) is 6.61 Å². The summed E-state index contributed by atoms with van der Waals surface area (Å²) in [5.41, 5.74) is 0. The Morgan fingerprint density at radius 1 is 1.16 bits per heavy atom. The van der Waals surface area contributed by atoms with Crippen LogP contribution in [0.15, 0.2) is 47.3 Å². The van der Waals surface area contributed by atoms with E-state index in [1.165, 1.54) is 18.4 Å². The predicted octanol–water partition coefficient (Wildman–Crippen LogP) is 0.975. The van der Waals surface area contributed by atoms with Crippen LogP contribution in [0.2, 0.25) is 0 Å². The lowest BCUT2D eigenvalue weighted by Gasteiger charge is -2.34. The van der Waals surface area contributed by atoms with Crippen molar-refractivity contribution in [3.63, 3.8) is 0 Å². The van der Waals surface area contributed by atoms with Gasteiger partial charge in [-0.2, -0.15) is 0 Å². The third-order valence-electron chi connectivity index (χ3n) is 3.73. The van der Waals surface area contributed by atoms with E-state index in [4.69, 9.17) is 9.15 Å². The van der Waals surface area contributed by atoms with Gasteiger partial charge in [-0.05, 0) is 24.3 Å². The Morgan fingerprint density at radius 2 is 1.92 bits per heavy atom. The molecule has 0 aromatic carbocycles. The molecule has 2 aromatic heterocycles. The van der Waals surface area contributed by atoms with E-state index in [1.54, 1.807) is 35.5 Å². The molecule has 25 heavy (non-hydrogen) atoms. The third-order valence-corrected chi connectivity index (χ3v) is 3.73. The highest BCUT2D eigenvalue weighted by molar-refractivity contribution is 5.89. The lowest BCUT2D eigenvalue weighted by Crippen LogP contribution is -2.50. The normalized spacial score (nSPS) is 14.7. The molecule has 0 saturated carbocycles. The minimum Gasteiger partial charge on any atom is -0.465 e. The van der Waals surface area contributed by atoms with E-state index in [-0.39, 0.29) is 12.5 Å². The predicted molar refractivity (Wildman–Crippen MR) is 89.5 cm³/mol. The van der Waals surface area contributed by atoms with Crippen LogP contribution in [-0.4, -0.2) is 59.5 Å². The number of hydrogen-bond donors (Lipinski definition) is 0. The Balaban J connectivity index is 1.41. The number of ether oxygens (including phenoxy) is 1. The Hall–Kier alpha value is -3.16. The molecule has 1 aliphatic rings. The molecule has 0 aliphatic carbocycles. The number of piperazine rings is 1. The van der Waals surface area contributed by atoms with Crippen LogP contribution >= 0.6 is 0 Å². The number of aromatic nitrogens is 2. The molecule has 0 spiro atoms. The van der Waals surface area contributed by atoms with E-state index in [1.807, 2.05) is 4.90 Å². The van der Waals surface area contributed by atoms with E-state index in [9.17, 15) is 9.59 Å². The molecule has 0 bridgehead atoms. The fraction of sp³-hybridized carbons (Fsp3) is 0.294. The summed E-state index contributed by atoms with van der Waals surface area (Å²) >= 11 is 0. The van der Waals surface area contributed by atoms with Gasteiger partial charge in [-0.1, -0.05) is 0 Å². The smallest absolute Gasteiger partial charge is 0.331 e. The number of furan rings is 1. The molecule has 1 aliphatic heterocycles. The minimum absolute atomic E-state index is 0.214. The SMILES string of the molecule is O=C(/C=C/c1ccco1)OCC(=O)N1CCN(c2ncccn2)CC1. The summed E-state index contributed by atoms with van der Waals surface area (Å²) in [6.07, 6.45) is 7.61. The van der Waals surface area contributed by atoms with Gasteiger partial charge in [0.25, 0.3) is 5.91 Å². The van der Waals surface area contributed by atoms with Crippen LogP contribution in [0, 0.1) is 0 Å². The fourth-order valence-electron chi connectivity index (χ4n) is 2.42. The van der Waals surface area contributed by atoms with Crippen molar-refractivity contribution in [2.75, 3.05) is 37.7 Å². The molecule has 0 radical (unpaired) electrons. The summed E-state index contributed by atoms with van der Waals surface area (Å²) in [5.74, 6) is 0.404. The quantitative estimate of drug-likeness (QED) is 0.591. The maximum absolute atomic E-state index is 12.1. The molecule has 0 N–H and O–H groups in total. The summed E-state index contributed by atoms with van der Waals surface area (Å²) in [4.78, 5) is 35.8. The van der Waals surface area contributed by atoms with E-state index in [0.29, 0.717) is 37.9 Å². The van der Waals surface area contributed by atoms with Crippen LogP contribution in [0.4, 0.5) is 5.95 Å². The Bertz CT molecular complexity index is 722. The Morgan fingerprint density at radius 3 is 2.60 bits per heavy atom. The van der Waals surface area contributed by atoms with Crippen LogP contribution in [-0.2, 0) is 14.3 Å². The van der Waals surface area contributed by atoms with Gasteiger partial charge >= 0.3 is 5.97 Å². The van der Waals surface area contributed by atoms with Crippen molar-refractivity contribution >= 4 is 23.9 Å². The molecule has 1 saturated heterocycles. The van der Waals surface area contributed by atoms with Gasteiger partial charge in [-0.3, -0.25) is 4.79 Å². The molecule has 3 rings (SSSR count). The first kappa shape index (κ1) is 16.7. The number of amides is 1. The van der Waals surface area contributed by atoms with Crippen molar-refractivity contribution in [3.8, 4) is 0 Å². The van der Waals surface area contributed by atoms with E-state index in [2.05, 4.69) is 9.97 Å². The summed E-state index contributed by atoms with van der Waals surface area (Å²) < 4.78 is 10.0. The number of anilines is 1. The van der Waals surface area contributed by atoms with Gasteiger partial charge in [0.1, 0.15) is 5.76 Å². The molecule has 2 aromatic rings. The number of nitrogens with zero attached hydrogens (tertiary/aromatic N) is 4. The highest BCUT2D eigenvalue weighted by atomic mass is 16.5. The monoisotopic (exact) mass is 342 g/mol. The maximum Gasteiger partial charge on any atom is 0.331 e. The average molecular weight is 342 g/mol.